The molecule has 21 heavy (non-hydrogen) atoms. The predicted molar refractivity (Wildman–Crippen MR) is 84.2 cm³/mol. The number of hydrogen-bond acceptors (Lipinski definition) is 6. The van der Waals surface area contributed by atoms with Crippen molar-refractivity contribution >= 4 is 38.8 Å². The first-order valence-corrected chi connectivity index (χ1v) is 8.83. The van der Waals surface area contributed by atoms with Gasteiger partial charge in [0.25, 0.3) is 0 Å². The molecule has 0 saturated carbocycles. The summed E-state index contributed by atoms with van der Waals surface area (Å²) >= 11 is 7.06. The highest BCUT2D eigenvalue weighted by molar-refractivity contribution is 7.92. The van der Waals surface area contributed by atoms with Crippen molar-refractivity contribution in [2.24, 2.45) is 0 Å². The smallest absolute Gasteiger partial charge is 0.235 e. The molecule has 0 aliphatic heterocycles. The molecule has 1 aromatic carbocycles. The molecule has 0 bridgehead atoms. The van der Waals surface area contributed by atoms with E-state index in [-0.39, 0.29) is 11.9 Å². The van der Waals surface area contributed by atoms with Crippen LogP contribution in [0.1, 0.15) is 6.92 Å². The van der Waals surface area contributed by atoms with E-state index in [1.165, 1.54) is 7.11 Å². The second kappa shape index (κ2) is 6.69. The van der Waals surface area contributed by atoms with Crippen LogP contribution in [-0.4, -0.2) is 37.0 Å². The molecular formula is C12H14ClN3O3S2. The van der Waals surface area contributed by atoms with Gasteiger partial charge in [0.15, 0.2) is 0 Å². The zero-order valence-corrected chi connectivity index (χ0v) is 13.8. The molecule has 1 heterocycles. The SMILES string of the molecule is COC(C)CS(=O)(=O)Nc1cccc(-c2nnsc2Cl)c1. The maximum Gasteiger partial charge on any atom is 0.235 e. The number of aromatic nitrogens is 2. The van der Waals surface area contributed by atoms with Crippen molar-refractivity contribution in [2.75, 3.05) is 17.6 Å². The van der Waals surface area contributed by atoms with Crippen molar-refractivity contribution in [3.8, 4) is 11.3 Å². The van der Waals surface area contributed by atoms with Gasteiger partial charge in [0.05, 0.1) is 11.9 Å². The fourth-order valence-corrected chi connectivity index (χ4v) is 3.68. The van der Waals surface area contributed by atoms with E-state index in [1.54, 1.807) is 31.2 Å². The van der Waals surface area contributed by atoms with E-state index < -0.39 is 10.0 Å². The molecule has 1 unspecified atom stereocenters. The summed E-state index contributed by atoms with van der Waals surface area (Å²) in [6.45, 7) is 1.69. The van der Waals surface area contributed by atoms with Crippen LogP contribution in [-0.2, 0) is 14.8 Å². The lowest BCUT2D eigenvalue weighted by Gasteiger charge is -2.12. The topological polar surface area (TPSA) is 81.2 Å². The minimum Gasteiger partial charge on any atom is -0.381 e. The number of anilines is 1. The molecule has 0 fully saturated rings. The van der Waals surface area contributed by atoms with Crippen LogP contribution in [0.3, 0.4) is 0 Å². The molecule has 2 aromatic rings. The van der Waals surface area contributed by atoms with Gasteiger partial charge < -0.3 is 4.74 Å². The Labute approximate surface area is 132 Å². The summed E-state index contributed by atoms with van der Waals surface area (Å²) < 4.78 is 35.7. The van der Waals surface area contributed by atoms with Gasteiger partial charge in [-0.25, -0.2) is 8.42 Å². The van der Waals surface area contributed by atoms with E-state index in [1.807, 2.05) is 0 Å². The Bertz CT molecular complexity index is 718. The summed E-state index contributed by atoms with van der Waals surface area (Å²) in [5, 5.41) is 3.92. The maximum absolute atomic E-state index is 12.0. The van der Waals surface area contributed by atoms with E-state index in [2.05, 4.69) is 14.3 Å². The van der Waals surface area contributed by atoms with Crippen molar-refractivity contribution in [1.29, 1.82) is 0 Å². The fraction of sp³-hybridized carbons (Fsp3) is 0.333. The van der Waals surface area contributed by atoms with Gasteiger partial charge in [0.1, 0.15) is 10.0 Å². The van der Waals surface area contributed by atoms with Crippen LogP contribution >= 0.6 is 23.1 Å². The summed E-state index contributed by atoms with van der Waals surface area (Å²) in [6.07, 6.45) is -0.386. The Morgan fingerprint density at radius 2 is 2.24 bits per heavy atom. The Balaban J connectivity index is 2.21. The molecule has 9 heteroatoms. The van der Waals surface area contributed by atoms with Crippen molar-refractivity contribution in [2.45, 2.75) is 13.0 Å². The van der Waals surface area contributed by atoms with Crippen LogP contribution < -0.4 is 4.72 Å². The van der Waals surface area contributed by atoms with Crippen LogP contribution in [0.2, 0.25) is 4.34 Å². The minimum atomic E-state index is -3.48. The number of ether oxygens (including phenoxy) is 1. The average Bonchev–Trinajstić information content (AvgIpc) is 2.84. The molecule has 114 valence electrons. The molecule has 1 atom stereocenters. The number of rotatable bonds is 6. The Kier molecular flexibility index (Phi) is 5.15. The number of benzene rings is 1. The van der Waals surface area contributed by atoms with E-state index in [9.17, 15) is 8.42 Å². The Hall–Kier alpha value is -1.22. The summed E-state index contributed by atoms with van der Waals surface area (Å²) in [7, 11) is -2.01. The van der Waals surface area contributed by atoms with Crippen LogP contribution in [0.5, 0.6) is 0 Å². The minimum absolute atomic E-state index is 0.118. The first-order valence-electron chi connectivity index (χ1n) is 6.03. The van der Waals surface area contributed by atoms with Gasteiger partial charge in [-0.3, -0.25) is 4.72 Å². The van der Waals surface area contributed by atoms with Crippen LogP contribution in [0.25, 0.3) is 11.3 Å². The normalized spacial score (nSPS) is 13.1. The molecule has 0 saturated heterocycles. The molecule has 0 amide bonds. The molecule has 0 aliphatic rings. The van der Waals surface area contributed by atoms with Crippen molar-refractivity contribution in [3.05, 3.63) is 28.6 Å². The van der Waals surface area contributed by atoms with Gasteiger partial charge in [0, 0.05) is 29.9 Å². The number of hydrogen-bond donors (Lipinski definition) is 1. The van der Waals surface area contributed by atoms with Crippen LogP contribution in [0, 0.1) is 0 Å². The highest BCUT2D eigenvalue weighted by Crippen LogP contribution is 2.29. The molecule has 6 nitrogen and oxygen atoms in total. The summed E-state index contributed by atoms with van der Waals surface area (Å²) in [6, 6.07) is 6.84. The van der Waals surface area contributed by atoms with Crippen LogP contribution in [0.15, 0.2) is 24.3 Å². The van der Waals surface area contributed by atoms with Gasteiger partial charge in [-0.05, 0) is 19.1 Å². The lowest BCUT2D eigenvalue weighted by Crippen LogP contribution is -2.25. The van der Waals surface area contributed by atoms with Gasteiger partial charge in [0.2, 0.25) is 10.0 Å². The third-order valence-electron chi connectivity index (χ3n) is 2.71. The molecule has 1 aromatic heterocycles. The van der Waals surface area contributed by atoms with Crippen molar-refractivity contribution < 1.29 is 13.2 Å². The van der Waals surface area contributed by atoms with E-state index >= 15 is 0 Å². The zero-order valence-electron chi connectivity index (χ0n) is 11.4. The van der Waals surface area contributed by atoms with Gasteiger partial charge in [-0.2, -0.15) is 0 Å². The molecular weight excluding hydrogens is 334 g/mol. The third kappa shape index (κ3) is 4.37. The number of sulfonamides is 1. The Morgan fingerprint density at radius 3 is 2.86 bits per heavy atom. The maximum atomic E-state index is 12.0. The molecule has 0 radical (unpaired) electrons. The second-order valence-electron chi connectivity index (χ2n) is 4.41. The van der Waals surface area contributed by atoms with Gasteiger partial charge >= 0.3 is 0 Å². The number of halogens is 1. The third-order valence-corrected chi connectivity index (χ3v) is 5.07. The lowest BCUT2D eigenvalue weighted by molar-refractivity contribution is 0.136. The van der Waals surface area contributed by atoms with E-state index in [0.717, 1.165) is 11.5 Å². The number of nitrogens with one attached hydrogen (secondary N) is 1. The first-order chi connectivity index (χ1) is 9.91. The standard InChI is InChI=1S/C12H14ClN3O3S2/c1-8(19-2)7-21(17,18)15-10-5-3-4-9(6-10)11-12(13)20-16-14-11/h3-6,8,15H,7H2,1-2H3. The summed E-state index contributed by atoms with van der Waals surface area (Å²) in [5.74, 6) is -0.118. The monoisotopic (exact) mass is 347 g/mol. The summed E-state index contributed by atoms with van der Waals surface area (Å²) in [4.78, 5) is 0. The second-order valence-corrected chi connectivity index (χ2v) is 7.53. The number of methoxy groups -OCH3 is 1. The van der Waals surface area contributed by atoms with Crippen molar-refractivity contribution in [1.82, 2.24) is 9.59 Å². The highest BCUT2D eigenvalue weighted by atomic mass is 35.5. The fourth-order valence-electron chi connectivity index (χ4n) is 1.68. The van der Waals surface area contributed by atoms with Gasteiger partial charge in [-0.1, -0.05) is 28.2 Å². The molecule has 2 rings (SSSR count). The van der Waals surface area contributed by atoms with E-state index in [4.69, 9.17) is 16.3 Å². The zero-order chi connectivity index (χ0) is 15.5. The molecule has 1 N–H and O–H groups in total. The first kappa shape index (κ1) is 16.2. The quantitative estimate of drug-likeness (QED) is 0.868. The summed E-state index contributed by atoms with van der Waals surface area (Å²) in [5.41, 5.74) is 1.68. The van der Waals surface area contributed by atoms with Crippen LogP contribution in [0.4, 0.5) is 5.69 Å². The highest BCUT2D eigenvalue weighted by Gasteiger charge is 2.16. The number of nitrogens with zero attached hydrogens (tertiary/aromatic N) is 2. The van der Waals surface area contributed by atoms with Crippen molar-refractivity contribution in [3.63, 3.8) is 0 Å². The van der Waals surface area contributed by atoms with Gasteiger partial charge in [-0.15, -0.1) is 5.10 Å². The Morgan fingerprint density at radius 1 is 1.48 bits per heavy atom. The molecule has 0 spiro atoms. The lowest BCUT2D eigenvalue weighted by atomic mass is 10.1. The average molecular weight is 348 g/mol. The van der Waals surface area contributed by atoms with E-state index in [0.29, 0.717) is 21.3 Å². The largest absolute Gasteiger partial charge is 0.381 e. The molecule has 0 aliphatic carbocycles. The predicted octanol–water partition coefficient (Wildman–Crippen LogP) is 2.64.